The molecule has 0 bridgehead atoms. The summed E-state index contributed by atoms with van der Waals surface area (Å²) in [7, 11) is 0. The van der Waals surface area contributed by atoms with Crippen LogP contribution in [0.4, 0.5) is 0 Å². The van der Waals surface area contributed by atoms with E-state index in [2.05, 4.69) is 0 Å². The number of rotatable bonds is 5. The quantitative estimate of drug-likeness (QED) is 0.613. The van der Waals surface area contributed by atoms with E-state index in [9.17, 15) is 24.3 Å². The number of fused-ring (bicyclic) bond motifs is 1. The van der Waals surface area contributed by atoms with Gasteiger partial charge in [-0.15, -0.1) is 0 Å². The molecule has 0 aromatic rings. The first-order valence-corrected chi connectivity index (χ1v) is 12.1. The topological polar surface area (TPSA) is 110 Å². The Kier molecular flexibility index (Phi) is 6.92. The van der Waals surface area contributed by atoms with Crippen molar-refractivity contribution >= 4 is 23.4 Å². The summed E-state index contributed by atoms with van der Waals surface area (Å²) in [5, 5.41) is 9.45. The van der Waals surface area contributed by atoms with Gasteiger partial charge in [0.15, 0.2) is 12.1 Å². The highest BCUT2D eigenvalue weighted by molar-refractivity contribution is 6.04. The van der Waals surface area contributed by atoms with E-state index in [0.29, 0.717) is 32.2 Å². The van der Waals surface area contributed by atoms with Crippen molar-refractivity contribution in [2.24, 2.45) is 11.3 Å². The molecular weight excluding hydrogens is 438 g/mol. The monoisotopic (exact) mass is 471 g/mol. The van der Waals surface area contributed by atoms with Crippen molar-refractivity contribution in [2.45, 2.75) is 77.7 Å². The second-order valence-electron chi connectivity index (χ2n) is 9.92. The molecule has 2 saturated heterocycles. The van der Waals surface area contributed by atoms with Crippen LogP contribution in [0.5, 0.6) is 0 Å². The Morgan fingerprint density at radius 1 is 1.26 bits per heavy atom. The van der Waals surface area contributed by atoms with E-state index in [1.807, 2.05) is 32.9 Å². The molecule has 4 aliphatic rings. The van der Waals surface area contributed by atoms with Crippen LogP contribution in [0.15, 0.2) is 34.9 Å². The molecular formula is C26H33NO7. The number of ether oxygens (including phenoxy) is 2. The predicted octanol–water partition coefficient (Wildman–Crippen LogP) is 2.41. The molecule has 2 aliphatic carbocycles. The second-order valence-corrected chi connectivity index (χ2v) is 9.92. The largest absolute Gasteiger partial charge is 0.459 e. The van der Waals surface area contributed by atoms with Crippen LogP contribution < -0.4 is 0 Å². The number of allylic oxidation sites excluding steroid dienone is 4. The van der Waals surface area contributed by atoms with Crippen LogP contribution in [0.1, 0.15) is 59.3 Å². The highest BCUT2D eigenvalue weighted by Gasteiger charge is 2.51. The number of aliphatic hydroxyl groups excluding tert-OH is 1. The lowest BCUT2D eigenvalue weighted by molar-refractivity contribution is -0.167. The van der Waals surface area contributed by atoms with E-state index in [1.54, 1.807) is 6.08 Å². The number of carbonyl (C=O) groups is 4. The van der Waals surface area contributed by atoms with Gasteiger partial charge < -0.3 is 19.5 Å². The first-order chi connectivity index (χ1) is 16.1. The molecule has 0 aromatic carbocycles. The number of nitrogens with zero attached hydrogens (tertiary/aromatic N) is 1. The molecule has 2 heterocycles. The lowest BCUT2D eigenvalue weighted by atomic mass is 9.74. The zero-order valence-electron chi connectivity index (χ0n) is 20.0. The Hall–Kier alpha value is -2.58. The third-order valence-electron chi connectivity index (χ3n) is 7.63. The number of amides is 1. The van der Waals surface area contributed by atoms with Crippen molar-refractivity contribution in [1.29, 1.82) is 0 Å². The third-order valence-corrected chi connectivity index (χ3v) is 7.63. The molecule has 0 aromatic heterocycles. The summed E-state index contributed by atoms with van der Waals surface area (Å²) in [6.07, 6.45) is 5.93. The van der Waals surface area contributed by atoms with Crippen molar-refractivity contribution in [2.75, 3.05) is 13.2 Å². The van der Waals surface area contributed by atoms with Gasteiger partial charge in [0, 0.05) is 19.4 Å². The number of hydrogen-bond acceptors (Lipinski definition) is 7. The smallest absolute Gasteiger partial charge is 0.329 e. The Labute approximate surface area is 199 Å². The van der Waals surface area contributed by atoms with Gasteiger partial charge in [-0.1, -0.05) is 24.6 Å². The molecule has 8 heteroatoms. The predicted molar refractivity (Wildman–Crippen MR) is 122 cm³/mol. The molecule has 0 saturated carbocycles. The lowest BCUT2D eigenvalue weighted by Gasteiger charge is -2.35. The van der Waals surface area contributed by atoms with E-state index in [-0.39, 0.29) is 36.9 Å². The first kappa shape index (κ1) is 24.5. The zero-order valence-corrected chi connectivity index (χ0v) is 20.0. The summed E-state index contributed by atoms with van der Waals surface area (Å²) in [6.45, 7) is 6.19. The molecule has 2 aliphatic heterocycles. The summed E-state index contributed by atoms with van der Waals surface area (Å²) in [5.41, 5.74) is 1.92. The van der Waals surface area contributed by atoms with Crippen molar-refractivity contribution in [3.63, 3.8) is 0 Å². The highest BCUT2D eigenvalue weighted by atomic mass is 16.6. The minimum Gasteiger partial charge on any atom is -0.459 e. The van der Waals surface area contributed by atoms with Crippen molar-refractivity contribution < 1.29 is 33.8 Å². The molecule has 5 atom stereocenters. The van der Waals surface area contributed by atoms with Gasteiger partial charge in [-0.05, 0) is 50.3 Å². The summed E-state index contributed by atoms with van der Waals surface area (Å²) < 4.78 is 11.1. The van der Waals surface area contributed by atoms with Gasteiger partial charge in [0.05, 0.1) is 24.4 Å². The van der Waals surface area contributed by atoms with E-state index in [4.69, 9.17) is 9.47 Å². The van der Waals surface area contributed by atoms with Gasteiger partial charge in [0.1, 0.15) is 17.9 Å². The molecule has 0 radical (unpaired) electrons. The number of esters is 1. The van der Waals surface area contributed by atoms with Crippen LogP contribution in [0, 0.1) is 11.3 Å². The Morgan fingerprint density at radius 2 is 2.03 bits per heavy atom. The highest BCUT2D eigenvalue weighted by Crippen LogP contribution is 2.48. The molecule has 184 valence electrons. The molecule has 34 heavy (non-hydrogen) atoms. The van der Waals surface area contributed by atoms with E-state index in [1.165, 1.54) is 4.90 Å². The summed E-state index contributed by atoms with van der Waals surface area (Å²) in [4.78, 5) is 53.1. The number of aliphatic hydroxyl groups is 1. The van der Waals surface area contributed by atoms with Crippen LogP contribution >= 0.6 is 0 Å². The van der Waals surface area contributed by atoms with Crippen LogP contribution in [0.25, 0.3) is 0 Å². The molecule has 8 nitrogen and oxygen atoms in total. The minimum absolute atomic E-state index is 0.00921. The fourth-order valence-electron chi connectivity index (χ4n) is 5.45. The fraction of sp³-hybridized carbons (Fsp3) is 0.615. The van der Waals surface area contributed by atoms with Gasteiger partial charge in [-0.25, -0.2) is 4.79 Å². The van der Waals surface area contributed by atoms with E-state index < -0.39 is 35.7 Å². The maximum Gasteiger partial charge on any atom is 0.329 e. The zero-order chi connectivity index (χ0) is 24.6. The van der Waals surface area contributed by atoms with Gasteiger partial charge in [0.25, 0.3) is 0 Å². The van der Waals surface area contributed by atoms with Crippen LogP contribution in [-0.2, 0) is 28.7 Å². The van der Waals surface area contributed by atoms with Crippen molar-refractivity contribution in [1.82, 2.24) is 4.90 Å². The molecule has 0 unspecified atom stereocenters. The number of likely N-dealkylation sites (tertiary alicyclic amines) is 1. The average Bonchev–Trinajstić information content (AvgIpc) is 3.34. The third kappa shape index (κ3) is 4.41. The van der Waals surface area contributed by atoms with Gasteiger partial charge >= 0.3 is 5.97 Å². The van der Waals surface area contributed by atoms with Crippen LogP contribution in [0.3, 0.4) is 0 Å². The average molecular weight is 472 g/mol. The summed E-state index contributed by atoms with van der Waals surface area (Å²) in [5.74, 6) is -1.70. The SMILES string of the molecule is CCC1=CC(=O)[C@]2(C)C1=CC=C(C)C[C@@H]2OC(=O)[C@@H]1CCCN1C(=O)C[C@@H]1CO[C@H](O)CC1=O. The maximum absolute atomic E-state index is 13.3. The Bertz CT molecular complexity index is 993. The van der Waals surface area contributed by atoms with Gasteiger partial charge in [-0.2, -0.15) is 0 Å². The Balaban J connectivity index is 1.47. The molecule has 2 fully saturated rings. The number of Topliss-reactive ketones (excluding diaryl/α,β-unsaturated/α-hetero) is 1. The van der Waals surface area contributed by atoms with Gasteiger partial charge in [-0.3, -0.25) is 14.4 Å². The van der Waals surface area contributed by atoms with E-state index >= 15 is 0 Å². The number of ketones is 2. The fourth-order valence-corrected chi connectivity index (χ4v) is 5.45. The number of carbonyl (C=O) groups excluding carboxylic acids is 4. The van der Waals surface area contributed by atoms with Crippen LogP contribution in [0.2, 0.25) is 0 Å². The molecule has 1 amide bonds. The number of hydrogen-bond donors (Lipinski definition) is 1. The van der Waals surface area contributed by atoms with Gasteiger partial charge in [0.2, 0.25) is 5.91 Å². The van der Waals surface area contributed by atoms with Crippen LogP contribution in [-0.4, -0.2) is 65.0 Å². The molecule has 0 spiro atoms. The normalized spacial score (nSPS) is 33.6. The second kappa shape index (κ2) is 9.58. The first-order valence-electron chi connectivity index (χ1n) is 12.1. The summed E-state index contributed by atoms with van der Waals surface area (Å²) in [6, 6.07) is -0.739. The maximum atomic E-state index is 13.3. The van der Waals surface area contributed by atoms with Crippen molar-refractivity contribution in [3.8, 4) is 0 Å². The minimum atomic E-state index is -1.12. The molecule has 1 N–H and O–H groups in total. The Morgan fingerprint density at radius 3 is 2.74 bits per heavy atom. The standard InChI is InChI=1S/C26H33NO7/c1-4-16-11-21(29)26(3)18(16)8-7-15(2)10-22(26)34-25(32)19-6-5-9-27(19)23(30)12-17-14-33-24(31)13-20(17)28/h7-8,11,17,19,22,24,31H,4-6,9-10,12-14H2,1-3H3/t17-,19+,22+,24+,26+/m1/s1. The van der Waals surface area contributed by atoms with E-state index in [0.717, 1.165) is 16.7 Å². The summed E-state index contributed by atoms with van der Waals surface area (Å²) >= 11 is 0. The lowest BCUT2D eigenvalue weighted by Crippen LogP contribution is -2.47. The molecule has 4 rings (SSSR count). The van der Waals surface area contributed by atoms with Crippen molar-refractivity contribution in [3.05, 3.63) is 34.9 Å².